The monoisotopic (exact) mass is 362 g/mol. The first-order valence-electron chi connectivity index (χ1n) is 8.93. The zero-order valence-corrected chi connectivity index (χ0v) is 15.8. The molecule has 1 aromatic rings. The van der Waals surface area contributed by atoms with E-state index in [1.807, 2.05) is 20.8 Å². The van der Waals surface area contributed by atoms with E-state index in [4.69, 9.17) is 4.52 Å². The fraction of sp³-hybridized carbons (Fsp3) is 0.667. The molecule has 8 nitrogen and oxygen atoms in total. The number of likely N-dealkylation sites (tertiary alicyclic amines) is 1. The molecule has 8 heteroatoms. The van der Waals surface area contributed by atoms with Gasteiger partial charge in [0.05, 0.1) is 17.8 Å². The molecular weight excluding hydrogens is 336 g/mol. The Labute approximate surface area is 152 Å². The lowest BCUT2D eigenvalue weighted by Gasteiger charge is -2.29. The summed E-state index contributed by atoms with van der Waals surface area (Å²) in [4.78, 5) is 31.4. The molecule has 0 saturated carbocycles. The number of aliphatic hydroxyl groups is 1. The van der Waals surface area contributed by atoms with Crippen LogP contribution in [0, 0.1) is 12.8 Å². The summed E-state index contributed by atoms with van der Waals surface area (Å²) in [6, 6.07) is 1.32. The largest absolute Gasteiger partial charge is 0.391 e. The van der Waals surface area contributed by atoms with Gasteiger partial charge < -0.3 is 19.8 Å². The van der Waals surface area contributed by atoms with E-state index in [2.05, 4.69) is 15.5 Å². The standard InChI is InChI=1S/C18H26N4O4/c1-9(2)14(13-6-10(3)21-26-13)16(24)22-8-11(23)7-12(22)15-19-17(25)18(4,5)20-15/h6,9,11-12,14,23H,7-8H2,1-5H3,(H,19,20,25)/t11-,12?,14?/m1/s1. The van der Waals surface area contributed by atoms with Gasteiger partial charge in [0.15, 0.2) is 0 Å². The Hall–Kier alpha value is -2.22. The van der Waals surface area contributed by atoms with Crippen LogP contribution in [0.5, 0.6) is 0 Å². The maximum absolute atomic E-state index is 13.3. The molecule has 0 spiro atoms. The second-order valence-corrected chi connectivity index (χ2v) is 8.00. The third-order valence-corrected chi connectivity index (χ3v) is 4.96. The van der Waals surface area contributed by atoms with Crippen molar-refractivity contribution in [1.29, 1.82) is 0 Å². The smallest absolute Gasteiger partial charge is 0.252 e. The number of hydrogen-bond acceptors (Lipinski definition) is 6. The predicted octanol–water partition coefficient (Wildman–Crippen LogP) is 0.991. The van der Waals surface area contributed by atoms with Crippen molar-refractivity contribution >= 4 is 17.6 Å². The van der Waals surface area contributed by atoms with Gasteiger partial charge in [-0.15, -0.1) is 0 Å². The molecule has 3 heterocycles. The van der Waals surface area contributed by atoms with E-state index >= 15 is 0 Å². The van der Waals surface area contributed by atoms with Crippen LogP contribution < -0.4 is 5.32 Å². The number of amides is 2. The number of β-amino-alcohol motifs (C(OH)–C–C–N with tert-alkyl or cyclic N) is 1. The number of hydrogen-bond donors (Lipinski definition) is 2. The molecule has 2 unspecified atom stereocenters. The summed E-state index contributed by atoms with van der Waals surface area (Å²) in [5.41, 5.74) is -0.150. The molecule has 0 bridgehead atoms. The van der Waals surface area contributed by atoms with Gasteiger partial charge in [-0.2, -0.15) is 0 Å². The Morgan fingerprint density at radius 3 is 2.65 bits per heavy atom. The van der Waals surface area contributed by atoms with E-state index in [9.17, 15) is 14.7 Å². The molecule has 2 aliphatic rings. The molecule has 3 atom stereocenters. The number of aliphatic hydroxyl groups excluding tert-OH is 1. The first-order valence-corrected chi connectivity index (χ1v) is 8.93. The molecule has 26 heavy (non-hydrogen) atoms. The van der Waals surface area contributed by atoms with Gasteiger partial charge in [0.2, 0.25) is 5.91 Å². The Kier molecular flexibility index (Phi) is 4.64. The van der Waals surface area contributed by atoms with Crippen LogP contribution in [0.1, 0.15) is 51.5 Å². The summed E-state index contributed by atoms with van der Waals surface area (Å²) >= 11 is 0. The number of carbonyl (C=O) groups is 2. The molecule has 0 radical (unpaired) electrons. The normalized spacial score (nSPS) is 26.2. The average Bonchev–Trinajstić information content (AvgIpc) is 3.18. The lowest BCUT2D eigenvalue weighted by atomic mass is 9.91. The highest BCUT2D eigenvalue weighted by atomic mass is 16.5. The lowest BCUT2D eigenvalue weighted by molar-refractivity contribution is -0.134. The van der Waals surface area contributed by atoms with E-state index in [1.54, 1.807) is 24.8 Å². The van der Waals surface area contributed by atoms with E-state index in [-0.39, 0.29) is 24.3 Å². The first kappa shape index (κ1) is 18.6. The maximum Gasteiger partial charge on any atom is 0.252 e. The van der Waals surface area contributed by atoms with Gasteiger partial charge in [0, 0.05) is 19.0 Å². The summed E-state index contributed by atoms with van der Waals surface area (Å²) in [7, 11) is 0. The summed E-state index contributed by atoms with van der Waals surface area (Å²) in [5.74, 6) is 0.0907. The van der Waals surface area contributed by atoms with Gasteiger partial charge in [-0.3, -0.25) is 14.6 Å². The molecule has 3 rings (SSSR count). The summed E-state index contributed by atoms with van der Waals surface area (Å²) in [6.45, 7) is 9.35. The maximum atomic E-state index is 13.3. The van der Waals surface area contributed by atoms with Crippen molar-refractivity contribution in [2.45, 2.75) is 64.6 Å². The van der Waals surface area contributed by atoms with Crippen LogP contribution in [-0.2, 0) is 9.59 Å². The Morgan fingerprint density at radius 2 is 2.15 bits per heavy atom. The highest BCUT2D eigenvalue weighted by Gasteiger charge is 2.46. The average molecular weight is 362 g/mol. The number of nitrogens with zero attached hydrogens (tertiary/aromatic N) is 3. The SMILES string of the molecule is Cc1cc(C(C(=O)N2C[C@H](O)CC2C2=NC(C)(C)C(=O)N2)C(C)C)on1. The van der Waals surface area contributed by atoms with Crippen LogP contribution in [-0.4, -0.2) is 57.0 Å². The van der Waals surface area contributed by atoms with Crippen LogP contribution in [0.2, 0.25) is 0 Å². The van der Waals surface area contributed by atoms with Crippen molar-refractivity contribution in [1.82, 2.24) is 15.4 Å². The summed E-state index contributed by atoms with van der Waals surface area (Å²) in [6.07, 6.45) is -0.308. The molecule has 2 aliphatic heterocycles. The Balaban J connectivity index is 1.90. The van der Waals surface area contributed by atoms with Crippen molar-refractivity contribution in [2.75, 3.05) is 6.54 Å². The van der Waals surface area contributed by atoms with Crippen molar-refractivity contribution < 1.29 is 19.2 Å². The highest BCUT2D eigenvalue weighted by Crippen LogP contribution is 2.32. The zero-order valence-electron chi connectivity index (χ0n) is 15.8. The molecule has 1 fully saturated rings. The molecule has 0 aromatic carbocycles. The number of amidine groups is 1. The number of aromatic nitrogens is 1. The summed E-state index contributed by atoms with van der Waals surface area (Å²) in [5, 5.41) is 16.8. The number of rotatable bonds is 4. The number of nitrogens with one attached hydrogen (secondary N) is 1. The van der Waals surface area contributed by atoms with Gasteiger partial charge >= 0.3 is 0 Å². The molecular formula is C18H26N4O4. The Bertz CT molecular complexity index is 752. The Morgan fingerprint density at radius 1 is 1.46 bits per heavy atom. The lowest BCUT2D eigenvalue weighted by Crippen LogP contribution is -2.48. The minimum atomic E-state index is -0.864. The minimum Gasteiger partial charge on any atom is -0.391 e. The molecule has 0 aliphatic carbocycles. The van der Waals surface area contributed by atoms with Gasteiger partial charge in [0.1, 0.15) is 23.1 Å². The van der Waals surface area contributed by atoms with E-state index in [1.165, 1.54) is 0 Å². The zero-order chi connectivity index (χ0) is 19.2. The van der Waals surface area contributed by atoms with Gasteiger partial charge in [-0.05, 0) is 26.7 Å². The first-order chi connectivity index (χ1) is 12.1. The molecule has 1 saturated heterocycles. The fourth-order valence-electron chi connectivity index (χ4n) is 3.57. The van der Waals surface area contributed by atoms with Crippen LogP contribution in [0.3, 0.4) is 0 Å². The van der Waals surface area contributed by atoms with Crippen molar-refractivity contribution in [3.8, 4) is 0 Å². The van der Waals surface area contributed by atoms with Crippen LogP contribution in [0.4, 0.5) is 0 Å². The second kappa shape index (κ2) is 6.50. The number of aliphatic imine (C=N–C) groups is 1. The van der Waals surface area contributed by atoms with Gasteiger partial charge in [-0.1, -0.05) is 19.0 Å². The van der Waals surface area contributed by atoms with Crippen molar-refractivity contribution in [3.63, 3.8) is 0 Å². The van der Waals surface area contributed by atoms with Crippen molar-refractivity contribution in [3.05, 3.63) is 17.5 Å². The molecule has 2 amide bonds. The molecule has 2 N–H and O–H groups in total. The van der Waals surface area contributed by atoms with Crippen LogP contribution in [0.25, 0.3) is 0 Å². The number of carbonyl (C=O) groups excluding carboxylic acids is 2. The predicted molar refractivity (Wildman–Crippen MR) is 94.6 cm³/mol. The summed E-state index contributed by atoms with van der Waals surface area (Å²) < 4.78 is 5.35. The fourth-order valence-corrected chi connectivity index (χ4v) is 3.57. The number of aryl methyl sites for hydroxylation is 1. The third kappa shape index (κ3) is 3.25. The quantitative estimate of drug-likeness (QED) is 0.830. The van der Waals surface area contributed by atoms with Crippen LogP contribution in [0.15, 0.2) is 15.6 Å². The minimum absolute atomic E-state index is 0.00945. The van der Waals surface area contributed by atoms with Crippen LogP contribution >= 0.6 is 0 Å². The molecule has 142 valence electrons. The van der Waals surface area contributed by atoms with Gasteiger partial charge in [0.25, 0.3) is 5.91 Å². The second-order valence-electron chi connectivity index (χ2n) is 8.00. The van der Waals surface area contributed by atoms with Crippen molar-refractivity contribution in [2.24, 2.45) is 10.9 Å². The van der Waals surface area contributed by atoms with E-state index in [0.717, 1.165) is 0 Å². The van der Waals surface area contributed by atoms with Gasteiger partial charge in [-0.25, -0.2) is 0 Å². The van der Waals surface area contributed by atoms with E-state index < -0.39 is 23.6 Å². The molecule has 1 aromatic heterocycles. The van der Waals surface area contributed by atoms with E-state index in [0.29, 0.717) is 23.7 Å². The third-order valence-electron chi connectivity index (χ3n) is 4.96. The topological polar surface area (TPSA) is 108 Å². The highest BCUT2D eigenvalue weighted by molar-refractivity contribution is 6.10.